The second kappa shape index (κ2) is 14.8. The number of carboxylic acid groups (broad SMARTS) is 1. The number of rotatable bonds is 14. The number of anilines is 2. The summed E-state index contributed by atoms with van der Waals surface area (Å²) in [6.45, 7) is -0.150. The highest BCUT2D eigenvalue weighted by Crippen LogP contribution is 2.37. The van der Waals surface area contributed by atoms with E-state index in [0.29, 0.717) is 34.1 Å². The van der Waals surface area contributed by atoms with Crippen LogP contribution >= 0.6 is 0 Å². The number of aromatic nitrogens is 3. The number of hydrogen-bond donors (Lipinski definition) is 3. The number of pyridine rings is 1. The fraction of sp³-hybridized carbons (Fsp3) is 0.276. The van der Waals surface area contributed by atoms with Gasteiger partial charge in [-0.3, -0.25) is 9.40 Å². The molecule has 0 spiro atoms. The molecule has 238 valence electrons. The second-order valence-corrected chi connectivity index (χ2v) is 11.0. The Labute approximate surface area is 256 Å². The van der Waals surface area contributed by atoms with Gasteiger partial charge in [0.15, 0.2) is 0 Å². The number of aryl methyl sites for hydroxylation is 1. The van der Waals surface area contributed by atoms with Crippen molar-refractivity contribution in [1.29, 1.82) is 0 Å². The maximum atomic E-state index is 13.3. The number of sulfonamides is 1. The molecular formula is C29H28F3N5O7S. The minimum absolute atomic E-state index is 0.0125. The van der Waals surface area contributed by atoms with Gasteiger partial charge in [-0.1, -0.05) is 30.0 Å². The van der Waals surface area contributed by atoms with Crippen LogP contribution in [0.25, 0.3) is 22.2 Å². The lowest BCUT2D eigenvalue weighted by Crippen LogP contribution is -2.21. The summed E-state index contributed by atoms with van der Waals surface area (Å²) in [5.74, 6) is 0.708. The number of nitrogens with two attached hydrogens (primary N) is 1. The summed E-state index contributed by atoms with van der Waals surface area (Å²) in [4.78, 5) is 14.7. The van der Waals surface area contributed by atoms with Crippen molar-refractivity contribution >= 4 is 38.4 Å². The lowest BCUT2D eigenvalue weighted by atomic mass is 10.1. The molecule has 0 atom stereocenters. The second-order valence-electron chi connectivity index (χ2n) is 9.40. The van der Waals surface area contributed by atoms with Gasteiger partial charge in [0.25, 0.3) is 10.0 Å². The van der Waals surface area contributed by atoms with E-state index < -0.39 is 34.2 Å². The van der Waals surface area contributed by atoms with Gasteiger partial charge in [0.05, 0.1) is 42.0 Å². The van der Waals surface area contributed by atoms with Crippen LogP contribution in [-0.2, 0) is 37.8 Å². The van der Waals surface area contributed by atoms with Gasteiger partial charge in [0.2, 0.25) is 0 Å². The average molecular weight is 648 g/mol. The number of aliphatic carboxylic acids is 1. The quantitative estimate of drug-likeness (QED) is 0.136. The molecule has 0 bridgehead atoms. The maximum absolute atomic E-state index is 13.3. The van der Waals surface area contributed by atoms with Gasteiger partial charge in [-0.15, -0.1) is 0 Å². The molecule has 45 heavy (non-hydrogen) atoms. The Hall–Kier alpha value is -4.85. The van der Waals surface area contributed by atoms with Gasteiger partial charge in [0.1, 0.15) is 36.3 Å². The monoisotopic (exact) mass is 647 g/mol. The SMILES string of the molecule is Cn1nc(-c2ccc(NS(=O)(=O)C(F)F)c(OCCc3ccc(F)cc3)c2)c2c(N)ncc(C#CCOCCOCC(=O)O)c21. The van der Waals surface area contributed by atoms with Crippen molar-refractivity contribution in [2.45, 2.75) is 12.2 Å². The van der Waals surface area contributed by atoms with E-state index >= 15 is 0 Å². The summed E-state index contributed by atoms with van der Waals surface area (Å²) in [6.07, 6.45) is 1.79. The standard InChI is InChI=1S/C29H28F3N5O7S/c1-37-27-20(3-2-11-42-13-14-43-17-24(38)39)16-34-28(33)25(27)26(35-37)19-6-9-22(36-45(40,41)29(31)32)23(15-19)44-12-10-18-4-7-21(30)8-5-18/h4-9,15-16,29,36H,10-14,17H2,1H3,(H2,33,34)(H,38,39). The first-order valence-electron chi connectivity index (χ1n) is 13.2. The summed E-state index contributed by atoms with van der Waals surface area (Å²) in [6, 6.07) is 9.88. The van der Waals surface area contributed by atoms with E-state index in [1.165, 1.54) is 41.2 Å². The first-order chi connectivity index (χ1) is 21.5. The lowest BCUT2D eigenvalue weighted by Gasteiger charge is -2.15. The van der Waals surface area contributed by atoms with E-state index in [0.717, 1.165) is 5.56 Å². The van der Waals surface area contributed by atoms with Crippen LogP contribution in [0.2, 0.25) is 0 Å². The van der Waals surface area contributed by atoms with Gasteiger partial charge >= 0.3 is 11.7 Å². The zero-order chi connectivity index (χ0) is 32.6. The van der Waals surface area contributed by atoms with E-state index in [4.69, 9.17) is 25.1 Å². The van der Waals surface area contributed by atoms with Crippen molar-refractivity contribution in [2.24, 2.45) is 7.05 Å². The van der Waals surface area contributed by atoms with Crippen molar-refractivity contribution in [1.82, 2.24) is 14.8 Å². The number of benzene rings is 2. The molecule has 2 aromatic carbocycles. The Kier molecular flexibility index (Phi) is 10.8. The molecule has 0 unspecified atom stereocenters. The number of carbonyl (C=O) groups is 1. The molecular weight excluding hydrogens is 619 g/mol. The number of ether oxygens (including phenoxy) is 3. The zero-order valence-corrected chi connectivity index (χ0v) is 24.6. The number of alkyl halides is 2. The Morgan fingerprint density at radius 1 is 1.13 bits per heavy atom. The van der Waals surface area contributed by atoms with Crippen LogP contribution in [0.4, 0.5) is 24.7 Å². The molecule has 2 heterocycles. The number of carboxylic acids is 1. The minimum Gasteiger partial charge on any atom is -0.491 e. The highest BCUT2D eigenvalue weighted by Gasteiger charge is 2.26. The highest BCUT2D eigenvalue weighted by atomic mass is 32.2. The third-order valence-corrected chi connectivity index (χ3v) is 7.16. The summed E-state index contributed by atoms with van der Waals surface area (Å²) >= 11 is 0. The molecule has 2 aromatic heterocycles. The molecule has 4 N–H and O–H groups in total. The van der Waals surface area contributed by atoms with Crippen LogP contribution in [0, 0.1) is 17.7 Å². The molecule has 0 amide bonds. The predicted octanol–water partition coefficient (Wildman–Crippen LogP) is 3.41. The molecule has 4 rings (SSSR count). The van der Waals surface area contributed by atoms with Crippen molar-refractivity contribution in [3.05, 3.63) is 65.6 Å². The number of fused-ring (bicyclic) bond motifs is 1. The molecule has 4 aromatic rings. The fourth-order valence-corrected chi connectivity index (χ4v) is 4.73. The summed E-state index contributed by atoms with van der Waals surface area (Å²) in [7, 11) is -3.34. The summed E-state index contributed by atoms with van der Waals surface area (Å²) in [5.41, 5.74) is 8.53. The Bertz CT molecular complexity index is 1840. The number of halogens is 3. The van der Waals surface area contributed by atoms with Gasteiger partial charge < -0.3 is 25.1 Å². The smallest absolute Gasteiger partial charge is 0.355 e. The zero-order valence-electron chi connectivity index (χ0n) is 23.8. The summed E-state index contributed by atoms with van der Waals surface area (Å²) in [5, 5.41) is 13.6. The molecule has 0 aliphatic heterocycles. The first-order valence-corrected chi connectivity index (χ1v) is 14.8. The molecule has 0 saturated carbocycles. The van der Waals surface area contributed by atoms with Crippen LogP contribution in [0.15, 0.2) is 48.7 Å². The molecule has 0 aliphatic carbocycles. The minimum atomic E-state index is -5.01. The topological polar surface area (TPSA) is 168 Å². The van der Waals surface area contributed by atoms with E-state index in [1.54, 1.807) is 19.2 Å². The van der Waals surface area contributed by atoms with E-state index in [2.05, 4.69) is 21.9 Å². The van der Waals surface area contributed by atoms with E-state index in [9.17, 15) is 26.4 Å². The molecule has 0 saturated heterocycles. The summed E-state index contributed by atoms with van der Waals surface area (Å²) < 4.78 is 82.9. The van der Waals surface area contributed by atoms with Crippen LogP contribution < -0.4 is 15.2 Å². The van der Waals surface area contributed by atoms with Crippen LogP contribution in [0.3, 0.4) is 0 Å². The molecule has 0 fully saturated rings. The number of nitrogens with one attached hydrogen (secondary N) is 1. The Morgan fingerprint density at radius 2 is 1.87 bits per heavy atom. The normalized spacial score (nSPS) is 11.4. The molecule has 16 heteroatoms. The van der Waals surface area contributed by atoms with E-state index in [-0.39, 0.29) is 43.7 Å². The molecule has 12 nitrogen and oxygen atoms in total. The molecule has 0 aliphatic rings. The first kappa shape index (κ1) is 33.1. The van der Waals surface area contributed by atoms with Crippen molar-refractivity contribution in [2.75, 3.05) is 43.5 Å². The largest absolute Gasteiger partial charge is 0.491 e. The third kappa shape index (κ3) is 8.62. The van der Waals surface area contributed by atoms with Gasteiger partial charge in [-0.25, -0.2) is 22.6 Å². The van der Waals surface area contributed by atoms with E-state index in [1.807, 2.05) is 4.72 Å². The van der Waals surface area contributed by atoms with Crippen LogP contribution in [-0.4, -0.2) is 73.0 Å². The fourth-order valence-electron chi connectivity index (χ4n) is 4.16. The number of nitrogens with zero attached hydrogens (tertiary/aromatic N) is 3. The van der Waals surface area contributed by atoms with Crippen molar-refractivity contribution in [3.8, 4) is 28.8 Å². The van der Waals surface area contributed by atoms with Crippen molar-refractivity contribution < 1.29 is 45.7 Å². The van der Waals surface area contributed by atoms with Gasteiger partial charge in [-0.2, -0.15) is 13.9 Å². The number of hydrogen-bond acceptors (Lipinski definition) is 9. The molecule has 0 radical (unpaired) electrons. The maximum Gasteiger partial charge on any atom is 0.355 e. The van der Waals surface area contributed by atoms with Crippen LogP contribution in [0.1, 0.15) is 11.1 Å². The number of nitrogen functional groups attached to an aromatic ring is 1. The van der Waals surface area contributed by atoms with Crippen molar-refractivity contribution in [3.63, 3.8) is 0 Å². The average Bonchev–Trinajstić information content (AvgIpc) is 3.35. The van der Waals surface area contributed by atoms with Crippen LogP contribution in [0.5, 0.6) is 5.75 Å². The van der Waals surface area contributed by atoms with Gasteiger partial charge in [0, 0.05) is 25.2 Å². The van der Waals surface area contributed by atoms with Gasteiger partial charge in [-0.05, 0) is 29.8 Å². The predicted molar refractivity (Wildman–Crippen MR) is 159 cm³/mol. The highest BCUT2D eigenvalue weighted by molar-refractivity contribution is 7.93. The Morgan fingerprint density at radius 3 is 2.58 bits per heavy atom. The third-order valence-electron chi connectivity index (χ3n) is 6.19. The lowest BCUT2D eigenvalue weighted by molar-refractivity contribution is -0.142. The Balaban J connectivity index is 1.62.